The van der Waals surface area contributed by atoms with Crippen molar-refractivity contribution >= 4 is 28.4 Å². The molecule has 2 aromatic carbocycles. The molecule has 1 fully saturated rings. The van der Waals surface area contributed by atoms with E-state index in [9.17, 15) is 4.79 Å². The van der Waals surface area contributed by atoms with E-state index in [0.717, 1.165) is 22.4 Å². The molecule has 1 aromatic heterocycles. The summed E-state index contributed by atoms with van der Waals surface area (Å²) in [5, 5.41) is 9.09. The minimum atomic E-state index is -0.131. The van der Waals surface area contributed by atoms with Crippen molar-refractivity contribution in [3.05, 3.63) is 64.3 Å². The SMILES string of the molecule is Cc1cc(C(=O)NCn2ncc3cc(C4CC4)ccc32)ccc1Cl. The van der Waals surface area contributed by atoms with E-state index in [1.54, 1.807) is 18.2 Å². The third kappa shape index (κ3) is 2.89. The maximum atomic E-state index is 12.3. The van der Waals surface area contributed by atoms with Crippen LogP contribution in [-0.4, -0.2) is 15.7 Å². The van der Waals surface area contributed by atoms with Gasteiger partial charge in [0, 0.05) is 16.0 Å². The zero-order valence-electron chi connectivity index (χ0n) is 13.4. The number of halogens is 1. The number of aryl methyl sites for hydroxylation is 1. The fourth-order valence-corrected chi connectivity index (χ4v) is 3.05. The first-order chi connectivity index (χ1) is 11.6. The summed E-state index contributed by atoms with van der Waals surface area (Å²) in [6.45, 7) is 2.23. The second-order valence-corrected chi connectivity index (χ2v) is 6.77. The Balaban J connectivity index is 1.49. The van der Waals surface area contributed by atoms with Crippen LogP contribution >= 0.6 is 11.6 Å². The number of fused-ring (bicyclic) bond motifs is 1. The van der Waals surface area contributed by atoms with Gasteiger partial charge in [-0.1, -0.05) is 17.7 Å². The highest BCUT2D eigenvalue weighted by molar-refractivity contribution is 6.31. The molecule has 1 amide bonds. The summed E-state index contributed by atoms with van der Waals surface area (Å²) in [6.07, 6.45) is 4.44. The highest BCUT2D eigenvalue weighted by Gasteiger charge is 2.23. The minimum absolute atomic E-state index is 0.131. The van der Waals surface area contributed by atoms with E-state index < -0.39 is 0 Å². The van der Waals surface area contributed by atoms with Gasteiger partial charge in [0.1, 0.15) is 6.67 Å². The number of rotatable bonds is 4. The molecule has 3 aromatic rings. The van der Waals surface area contributed by atoms with Crippen molar-refractivity contribution < 1.29 is 4.79 Å². The van der Waals surface area contributed by atoms with Crippen LogP contribution in [0.15, 0.2) is 42.6 Å². The molecule has 1 heterocycles. The summed E-state index contributed by atoms with van der Waals surface area (Å²) < 4.78 is 1.81. The molecular formula is C19H18ClN3O. The number of carbonyl (C=O) groups excluding carboxylic acids is 1. The molecule has 1 N–H and O–H groups in total. The highest BCUT2D eigenvalue weighted by Crippen LogP contribution is 2.40. The van der Waals surface area contributed by atoms with E-state index in [1.165, 1.54) is 18.4 Å². The summed E-state index contributed by atoms with van der Waals surface area (Å²) in [5.41, 5.74) is 3.92. The van der Waals surface area contributed by atoms with Crippen LogP contribution in [0, 0.1) is 6.92 Å². The number of nitrogens with one attached hydrogen (secondary N) is 1. The summed E-state index contributed by atoms with van der Waals surface area (Å²) in [4.78, 5) is 12.3. The Morgan fingerprint density at radius 3 is 2.88 bits per heavy atom. The van der Waals surface area contributed by atoms with Crippen molar-refractivity contribution in [1.82, 2.24) is 15.1 Å². The summed E-state index contributed by atoms with van der Waals surface area (Å²) in [6, 6.07) is 11.7. The highest BCUT2D eigenvalue weighted by atomic mass is 35.5. The Morgan fingerprint density at radius 1 is 1.29 bits per heavy atom. The van der Waals surface area contributed by atoms with Crippen LogP contribution in [0.25, 0.3) is 10.9 Å². The van der Waals surface area contributed by atoms with Crippen molar-refractivity contribution in [3.8, 4) is 0 Å². The Morgan fingerprint density at radius 2 is 2.12 bits per heavy atom. The van der Waals surface area contributed by atoms with Crippen molar-refractivity contribution in [1.29, 1.82) is 0 Å². The number of hydrogen-bond donors (Lipinski definition) is 1. The average Bonchev–Trinajstić information content (AvgIpc) is 3.36. The number of nitrogens with zero attached hydrogens (tertiary/aromatic N) is 2. The number of carbonyl (C=O) groups is 1. The van der Waals surface area contributed by atoms with Gasteiger partial charge >= 0.3 is 0 Å². The zero-order chi connectivity index (χ0) is 16.7. The largest absolute Gasteiger partial charge is 0.333 e. The number of aromatic nitrogens is 2. The predicted octanol–water partition coefficient (Wildman–Crippen LogP) is 4.26. The van der Waals surface area contributed by atoms with E-state index in [1.807, 2.05) is 17.8 Å². The maximum Gasteiger partial charge on any atom is 0.252 e. The Bertz CT molecular complexity index is 928. The lowest BCUT2D eigenvalue weighted by Gasteiger charge is -2.08. The van der Waals surface area contributed by atoms with E-state index in [-0.39, 0.29) is 5.91 Å². The predicted molar refractivity (Wildman–Crippen MR) is 95.4 cm³/mol. The number of hydrogen-bond acceptors (Lipinski definition) is 2. The van der Waals surface area contributed by atoms with Crippen molar-refractivity contribution in [2.75, 3.05) is 0 Å². The number of amides is 1. The quantitative estimate of drug-likeness (QED) is 0.771. The van der Waals surface area contributed by atoms with Gasteiger partial charge in [-0.25, -0.2) is 4.68 Å². The lowest BCUT2D eigenvalue weighted by atomic mass is 10.1. The lowest BCUT2D eigenvalue weighted by molar-refractivity contribution is 0.0940. The van der Waals surface area contributed by atoms with Crippen LogP contribution in [0.1, 0.15) is 40.2 Å². The third-order valence-corrected chi connectivity index (χ3v) is 4.95. The first kappa shape index (κ1) is 15.2. The van der Waals surface area contributed by atoms with Crippen LogP contribution in [0.5, 0.6) is 0 Å². The van der Waals surface area contributed by atoms with Gasteiger partial charge in [-0.05, 0) is 67.1 Å². The summed E-state index contributed by atoms with van der Waals surface area (Å²) in [5.74, 6) is 0.596. The van der Waals surface area contributed by atoms with E-state index >= 15 is 0 Å². The molecule has 0 spiro atoms. The first-order valence-electron chi connectivity index (χ1n) is 8.11. The maximum absolute atomic E-state index is 12.3. The minimum Gasteiger partial charge on any atom is -0.333 e. The molecule has 0 aliphatic heterocycles. The Hall–Kier alpha value is -2.33. The van der Waals surface area contributed by atoms with Crippen LogP contribution in [0.4, 0.5) is 0 Å². The lowest BCUT2D eigenvalue weighted by Crippen LogP contribution is -2.26. The Labute approximate surface area is 145 Å². The van der Waals surface area contributed by atoms with Gasteiger partial charge < -0.3 is 5.32 Å². The molecule has 0 atom stereocenters. The van der Waals surface area contributed by atoms with Crippen LogP contribution in [0.2, 0.25) is 5.02 Å². The molecule has 1 saturated carbocycles. The van der Waals surface area contributed by atoms with Crippen molar-refractivity contribution in [2.24, 2.45) is 0 Å². The van der Waals surface area contributed by atoms with Gasteiger partial charge in [-0.3, -0.25) is 4.79 Å². The summed E-state index contributed by atoms with van der Waals surface area (Å²) >= 11 is 6.00. The molecule has 24 heavy (non-hydrogen) atoms. The monoisotopic (exact) mass is 339 g/mol. The molecule has 1 aliphatic rings. The van der Waals surface area contributed by atoms with Crippen LogP contribution in [0.3, 0.4) is 0 Å². The molecule has 1 aliphatic carbocycles. The normalized spacial score (nSPS) is 14.1. The van der Waals surface area contributed by atoms with E-state index in [4.69, 9.17) is 11.6 Å². The average molecular weight is 340 g/mol. The van der Waals surface area contributed by atoms with Gasteiger partial charge in [0.05, 0.1) is 11.7 Å². The van der Waals surface area contributed by atoms with Gasteiger partial charge in [0.25, 0.3) is 5.91 Å². The molecule has 0 bridgehead atoms. The van der Waals surface area contributed by atoms with E-state index in [2.05, 4.69) is 28.6 Å². The van der Waals surface area contributed by atoms with Gasteiger partial charge in [0.2, 0.25) is 0 Å². The molecule has 4 nitrogen and oxygen atoms in total. The molecular weight excluding hydrogens is 322 g/mol. The fourth-order valence-electron chi connectivity index (χ4n) is 2.94. The third-order valence-electron chi connectivity index (χ3n) is 4.52. The molecule has 4 rings (SSSR count). The first-order valence-corrected chi connectivity index (χ1v) is 8.49. The second-order valence-electron chi connectivity index (χ2n) is 6.36. The molecule has 0 radical (unpaired) electrons. The van der Waals surface area contributed by atoms with Crippen LogP contribution < -0.4 is 5.32 Å². The van der Waals surface area contributed by atoms with Crippen molar-refractivity contribution in [3.63, 3.8) is 0 Å². The molecule has 5 heteroatoms. The standard InChI is InChI=1S/C19H18ClN3O/c1-12-8-15(4-6-17(12)20)19(24)21-11-23-18-7-5-14(13-2-3-13)9-16(18)10-22-23/h4-10,13H,2-3,11H2,1H3,(H,21,24). The summed E-state index contributed by atoms with van der Waals surface area (Å²) in [7, 11) is 0. The fraction of sp³-hybridized carbons (Fsp3) is 0.263. The zero-order valence-corrected chi connectivity index (χ0v) is 14.2. The topological polar surface area (TPSA) is 46.9 Å². The van der Waals surface area contributed by atoms with Crippen molar-refractivity contribution in [2.45, 2.75) is 32.4 Å². The molecule has 0 unspecified atom stereocenters. The molecule has 122 valence electrons. The van der Waals surface area contributed by atoms with Gasteiger partial charge in [0.15, 0.2) is 0 Å². The Kier molecular flexibility index (Phi) is 3.77. The second kappa shape index (κ2) is 5.95. The van der Waals surface area contributed by atoms with Crippen LogP contribution in [-0.2, 0) is 6.67 Å². The smallest absolute Gasteiger partial charge is 0.252 e. The van der Waals surface area contributed by atoms with E-state index in [0.29, 0.717) is 17.3 Å². The van der Waals surface area contributed by atoms with Gasteiger partial charge in [-0.15, -0.1) is 0 Å². The number of benzene rings is 2. The van der Waals surface area contributed by atoms with Gasteiger partial charge in [-0.2, -0.15) is 5.10 Å². The molecule has 0 saturated heterocycles.